The van der Waals surface area contributed by atoms with Gasteiger partial charge in [-0.05, 0) is 37.6 Å². The molecule has 0 aromatic heterocycles. The highest BCUT2D eigenvalue weighted by molar-refractivity contribution is 5.33. The standard InChI is InChI=1S/C18H31NO.ClH/c1-4-7-8-9-12-17-13-10-11-14-18(17)20-16-15-19(5-2)6-3;/h10-11,13-14H,4-9,12,15-16H2,1-3H3;1H/p-1. The van der Waals surface area contributed by atoms with Crippen molar-refractivity contribution in [3.05, 3.63) is 29.8 Å². The molecule has 0 unspecified atom stereocenters. The summed E-state index contributed by atoms with van der Waals surface area (Å²) in [7, 11) is 0. The average Bonchev–Trinajstić information content (AvgIpc) is 2.49. The van der Waals surface area contributed by atoms with Crippen LogP contribution in [-0.2, 0) is 6.42 Å². The molecule has 1 aromatic carbocycles. The second-order valence-corrected chi connectivity index (χ2v) is 5.29. The van der Waals surface area contributed by atoms with Gasteiger partial charge in [-0.15, -0.1) is 0 Å². The van der Waals surface area contributed by atoms with Gasteiger partial charge in [-0.1, -0.05) is 58.2 Å². The summed E-state index contributed by atoms with van der Waals surface area (Å²) in [6, 6.07) is 8.50. The molecule has 0 spiro atoms. The van der Waals surface area contributed by atoms with Crippen LogP contribution in [0.4, 0.5) is 0 Å². The van der Waals surface area contributed by atoms with Crippen LogP contribution in [0, 0.1) is 0 Å². The molecule has 1 rings (SSSR count). The van der Waals surface area contributed by atoms with Crippen molar-refractivity contribution < 1.29 is 17.1 Å². The first-order valence-electron chi connectivity index (χ1n) is 8.24. The third kappa shape index (κ3) is 8.33. The minimum absolute atomic E-state index is 0. The van der Waals surface area contributed by atoms with E-state index >= 15 is 0 Å². The van der Waals surface area contributed by atoms with Crippen molar-refractivity contribution in [2.45, 2.75) is 52.9 Å². The second kappa shape index (κ2) is 13.0. The summed E-state index contributed by atoms with van der Waals surface area (Å²) in [6.07, 6.45) is 6.36. The van der Waals surface area contributed by atoms with Gasteiger partial charge in [0, 0.05) is 6.54 Å². The van der Waals surface area contributed by atoms with E-state index in [0.29, 0.717) is 0 Å². The van der Waals surface area contributed by atoms with Gasteiger partial charge < -0.3 is 22.0 Å². The number of ether oxygens (including phenoxy) is 1. The maximum absolute atomic E-state index is 5.99. The Balaban J connectivity index is 0.00000400. The molecule has 0 heterocycles. The van der Waals surface area contributed by atoms with E-state index in [9.17, 15) is 0 Å². The van der Waals surface area contributed by atoms with E-state index in [1.165, 1.54) is 31.2 Å². The zero-order valence-corrected chi connectivity index (χ0v) is 14.7. The fourth-order valence-electron chi connectivity index (χ4n) is 2.42. The fraction of sp³-hybridized carbons (Fsp3) is 0.667. The maximum atomic E-state index is 5.99. The van der Waals surface area contributed by atoms with Gasteiger partial charge in [-0.3, -0.25) is 0 Å². The van der Waals surface area contributed by atoms with Gasteiger partial charge in [-0.25, -0.2) is 0 Å². The van der Waals surface area contributed by atoms with E-state index in [1.807, 2.05) is 0 Å². The molecule has 0 bridgehead atoms. The summed E-state index contributed by atoms with van der Waals surface area (Å²) in [5.74, 6) is 1.08. The molecule has 0 radical (unpaired) electrons. The first-order chi connectivity index (χ1) is 9.81. The lowest BCUT2D eigenvalue weighted by molar-refractivity contribution is -0.00000481. The van der Waals surface area contributed by atoms with Crippen LogP contribution in [0.25, 0.3) is 0 Å². The predicted octanol–water partition coefficient (Wildman–Crippen LogP) is 1.53. The van der Waals surface area contributed by atoms with Gasteiger partial charge >= 0.3 is 0 Å². The summed E-state index contributed by atoms with van der Waals surface area (Å²) in [4.78, 5) is 2.39. The SMILES string of the molecule is CCCCCCc1ccccc1OCCN(CC)CC.[Cl-]. The molecule has 0 fully saturated rings. The van der Waals surface area contributed by atoms with E-state index in [1.54, 1.807) is 0 Å². The fourth-order valence-corrected chi connectivity index (χ4v) is 2.42. The molecular formula is C18H31ClNO-. The Morgan fingerprint density at radius 3 is 2.33 bits per heavy atom. The smallest absolute Gasteiger partial charge is 0.122 e. The summed E-state index contributed by atoms with van der Waals surface area (Å²) in [6.45, 7) is 10.6. The lowest BCUT2D eigenvalue weighted by Gasteiger charge is -2.19. The van der Waals surface area contributed by atoms with E-state index in [0.717, 1.165) is 38.4 Å². The number of nitrogens with zero attached hydrogens (tertiary/aromatic N) is 1. The zero-order chi connectivity index (χ0) is 14.6. The third-order valence-electron chi connectivity index (χ3n) is 3.83. The Morgan fingerprint density at radius 1 is 0.952 bits per heavy atom. The van der Waals surface area contributed by atoms with Crippen LogP contribution < -0.4 is 17.1 Å². The number of para-hydroxylation sites is 1. The Bertz CT molecular complexity index is 353. The Labute approximate surface area is 137 Å². The van der Waals surface area contributed by atoms with E-state index in [2.05, 4.69) is 49.9 Å². The molecule has 0 saturated carbocycles. The zero-order valence-electron chi connectivity index (χ0n) is 13.9. The van der Waals surface area contributed by atoms with Crippen molar-refractivity contribution in [2.75, 3.05) is 26.2 Å². The van der Waals surface area contributed by atoms with Crippen LogP contribution >= 0.6 is 0 Å². The van der Waals surface area contributed by atoms with E-state index in [4.69, 9.17) is 4.74 Å². The molecule has 0 aliphatic heterocycles. The Hall–Kier alpha value is -0.730. The number of unbranched alkanes of at least 4 members (excludes halogenated alkanes) is 3. The third-order valence-corrected chi connectivity index (χ3v) is 3.83. The normalized spacial score (nSPS) is 10.5. The van der Waals surface area contributed by atoms with Crippen molar-refractivity contribution in [1.82, 2.24) is 4.90 Å². The largest absolute Gasteiger partial charge is 1.00 e. The van der Waals surface area contributed by atoms with Gasteiger partial charge in [0.1, 0.15) is 12.4 Å². The molecule has 0 aliphatic rings. The molecule has 1 aromatic rings. The van der Waals surface area contributed by atoms with Gasteiger partial charge in [-0.2, -0.15) is 0 Å². The molecule has 0 atom stereocenters. The predicted molar refractivity (Wildman–Crippen MR) is 87.6 cm³/mol. The van der Waals surface area contributed by atoms with Crippen molar-refractivity contribution in [1.29, 1.82) is 0 Å². The van der Waals surface area contributed by atoms with Crippen LogP contribution in [0.3, 0.4) is 0 Å². The highest BCUT2D eigenvalue weighted by Crippen LogP contribution is 2.20. The van der Waals surface area contributed by atoms with Crippen molar-refractivity contribution in [2.24, 2.45) is 0 Å². The molecular weight excluding hydrogens is 282 g/mol. The van der Waals surface area contributed by atoms with Crippen LogP contribution in [0.2, 0.25) is 0 Å². The number of hydrogen-bond acceptors (Lipinski definition) is 2. The van der Waals surface area contributed by atoms with Gasteiger partial charge in [0.2, 0.25) is 0 Å². The average molecular weight is 313 g/mol. The number of rotatable bonds is 11. The lowest BCUT2D eigenvalue weighted by Crippen LogP contribution is -3.00. The number of halogens is 1. The highest BCUT2D eigenvalue weighted by atomic mass is 35.5. The Kier molecular flexibility index (Phi) is 12.5. The molecule has 0 aliphatic carbocycles. The number of likely N-dealkylation sites (N-methyl/N-ethyl adjacent to an activating group) is 1. The molecule has 3 heteroatoms. The van der Waals surface area contributed by atoms with Crippen LogP contribution in [-0.4, -0.2) is 31.1 Å². The summed E-state index contributed by atoms with van der Waals surface area (Å²) in [5, 5.41) is 0. The van der Waals surface area contributed by atoms with Gasteiger partial charge in [0.15, 0.2) is 0 Å². The second-order valence-electron chi connectivity index (χ2n) is 5.29. The minimum atomic E-state index is 0. The molecule has 0 amide bonds. The summed E-state index contributed by atoms with van der Waals surface area (Å²) in [5.41, 5.74) is 1.36. The highest BCUT2D eigenvalue weighted by Gasteiger charge is 2.04. The van der Waals surface area contributed by atoms with Gasteiger partial charge in [0.25, 0.3) is 0 Å². The molecule has 0 N–H and O–H groups in total. The molecule has 0 saturated heterocycles. The maximum Gasteiger partial charge on any atom is 0.122 e. The first kappa shape index (κ1) is 20.3. The monoisotopic (exact) mass is 312 g/mol. The van der Waals surface area contributed by atoms with Crippen LogP contribution in [0.5, 0.6) is 5.75 Å². The van der Waals surface area contributed by atoms with Crippen LogP contribution in [0.1, 0.15) is 52.0 Å². The summed E-state index contributed by atoms with van der Waals surface area (Å²) >= 11 is 0. The quantitative estimate of drug-likeness (QED) is 0.575. The van der Waals surface area contributed by atoms with E-state index < -0.39 is 0 Å². The van der Waals surface area contributed by atoms with Crippen molar-refractivity contribution in [3.8, 4) is 5.75 Å². The van der Waals surface area contributed by atoms with Crippen molar-refractivity contribution >= 4 is 0 Å². The topological polar surface area (TPSA) is 12.5 Å². The molecule has 2 nitrogen and oxygen atoms in total. The number of hydrogen-bond donors (Lipinski definition) is 0. The number of aryl methyl sites for hydroxylation is 1. The van der Waals surface area contributed by atoms with Crippen LogP contribution in [0.15, 0.2) is 24.3 Å². The minimum Gasteiger partial charge on any atom is -1.00 e. The van der Waals surface area contributed by atoms with Gasteiger partial charge in [0.05, 0.1) is 0 Å². The van der Waals surface area contributed by atoms with E-state index in [-0.39, 0.29) is 12.4 Å². The Morgan fingerprint density at radius 2 is 1.67 bits per heavy atom. The first-order valence-corrected chi connectivity index (χ1v) is 8.24. The van der Waals surface area contributed by atoms with Crippen molar-refractivity contribution in [3.63, 3.8) is 0 Å². The molecule has 122 valence electrons. The number of benzene rings is 1. The summed E-state index contributed by atoms with van der Waals surface area (Å²) < 4.78 is 5.99. The molecule has 21 heavy (non-hydrogen) atoms. The lowest BCUT2D eigenvalue weighted by atomic mass is 10.1.